The van der Waals surface area contributed by atoms with Crippen molar-refractivity contribution in [3.63, 3.8) is 0 Å². The van der Waals surface area contributed by atoms with Crippen LogP contribution in [-0.4, -0.2) is 37.4 Å². The third-order valence-corrected chi connectivity index (χ3v) is 7.95. The number of rotatable bonds is 8. The van der Waals surface area contributed by atoms with Crippen LogP contribution >= 0.6 is 24.2 Å². The lowest BCUT2D eigenvalue weighted by Gasteiger charge is -2.30. The molecule has 1 amide bonds. The lowest BCUT2D eigenvalue weighted by Crippen LogP contribution is -2.53. The Morgan fingerprint density at radius 3 is 2.50 bits per heavy atom. The second-order valence-electron chi connectivity index (χ2n) is 6.71. The lowest BCUT2D eigenvalue weighted by molar-refractivity contribution is -0.122. The predicted molar refractivity (Wildman–Crippen MR) is 110 cm³/mol. The van der Waals surface area contributed by atoms with Crippen molar-refractivity contribution in [3.8, 4) is 0 Å². The van der Waals surface area contributed by atoms with Crippen molar-refractivity contribution in [3.05, 3.63) is 24.3 Å². The van der Waals surface area contributed by atoms with Crippen LogP contribution in [0.15, 0.2) is 34.1 Å². The van der Waals surface area contributed by atoms with Crippen molar-refractivity contribution >= 4 is 39.9 Å². The number of carbonyl (C=O) groups excluding carboxylic acids is 1. The molecule has 26 heavy (non-hydrogen) atoms. The first-order valence-corrected chi connectivity index (χ1v) is 11.4. The van der Waals surface area contributed by atoms with Crippen LogP contribution < -0.4 is 11.1 Å². The van der Waals surface area contributed by atoms with E-state index in [4.69, 9.17) is 5.73 Å². The molecular weight excluding hydrogens is 392 g/mol. The van der Waals surface area contributed by atoms with Crippen LogP contribution in [0.5, 0.6) is 0 Å². The number of halogens is 1. The maximum atomic E-state index is 12.6. The molecule has 1 aromatic carbocycles. The third-order valence-electron chi connectivity index (χ3n) is 4.67. The Kier molecular flexibility index (Phi) is 8.93. The number of amides is 1. The number of hydrogen-bond acceptors (Lipinski definition) is 5. The van der Waals surface area contributed by atoms with E-state index in [-0.39, 0.29) is 34.9 Å². The molecule has 0 radical (unpaired) electrons. The third kappa shape index (κ3) is 5.62. The van der Waals surface area contributed by atoms with Gasteiger partial charge in [0, 0.05) is 11.4 Å². The zero-order chi connectivity index (χ0) is 18.5. The van der Waals surface area contributed by atoms with Gasteiger partial charge in [0.2, 0.25) is 5.91 Å². The van der Waals surface area contributed by atoms with E-state index in [9.17, 15) is 13.2 Å². The van der Waals surface area contributed by atoms with E-state index in [1.165, 1.54) is 11.8 Å². The molecule has 8 heteroatoms. The molecule has 0 aliphatic heterocycles. The Morgan fingerprint density at radius 2 is 1.92 bits per heavy atom. The molecule has 1 saturated carbocycles. The highest BCUT2D eigenvalue weighted by molar-refractivity contribution is 8.01. The Bertz CT molecular complexity index is 704. The molecule has 1 fully saturated rings. The molecule has 2 rings (SSSR count). The van der Waals surface area contributed by atoms with Crippen LogP contribution in [0.4, 0.5) is 0 Å². The first-order valence-electron chi connectivity index (χ1n) is 8.84. The minimum Gasteiger partial charge on any atom is -0.348 e. The zero-order valence-electron chi connectivity index (χ0n) is 15.4. The quantitative estimate of drug-likeness (QED) is 0.630. The number of hydrogen-bond donors (Lipinski definition) is 2. The number of sulfone groups is 1. The Labute approximate surface area is 167 Å². The summed E-state index contributed by atoms with van der Waals surface area (Å²) >= 11 is 1.29. The van der Waals surface area contributed by atoms with Gasteiger partial charge in [-0.1, -0.05) is 31.9 Å². The fraction of sp³-hybridized carbons (Fsp3) is 0.611. The predicted octanol–water partition coefficient (Wildman–Crippen LogP) is 3.16. The average Bonchev–Trinajstić information content (AvgIpc) is 3.04. The summed E-state index contributed by atoms with van der Waals surface area (Å²) in [6.07, 6.45) is 4.55. The maximum Gasteiger partial charge on any atom is 0.233 e. The molecule has 1 aromatic rings. The smallest absolute Gasteiger partial charge is 0.233 e. The van der Waals surface area contributed by atoms with Gasteiger partial charge < -0.3 is 11.1 Å². The van der Waals surface area contributed by atoms with Gasteiger partial charge in [0.25, 0.3) is 0 Å². The molecule has 1 unspecified atom stereocenters. The van der Waals surface area contributed by atoms with Crippen molar-refractivity contribution in [1.29, 1.82) is 0 Å². The van der Waals surface area contributed by atoms with Gasteiger partial charge in [0.05, 0.1) is 21.4 Å². The summed E-state index contributed by atoms with van der Waals surface area (Å²) < 4.78 is 24.9. The molecule has 148 valence electrons. The number of carbonyl (C=O) groups is 1. The van der Waals surface area contributed by atoms with E-state index < -0.39 is 9.84 Å². The first-order chi connectivity index (χ1) is 11.8. The summed E-state index contributed by atoms with van der Waals surface area (Å²) in [4.78, 5) is 13.6. The molecule has 1 aliphatic carbocycles. The number of thioether (sulfide) groups is 1. The summed E-state index contributed by atoms with van der Waals surface area (Å²) in [7, 11) is -3.32. The molecule has 5 nitrogen and oxygen atoms in total. The fourth-order valence-corrected chi connectivity index (χ4v) is 6.05. The van der Waals surface area contributed by atoms with Gasteiger partial charge in [0.15, 0.2) is 9.84 Å². The Morgan fingerprint density at radius 1 is 1.31 bits per heavy atom. The zero-order valence-corrected chi connectivity index (χ0v) is 17.8. The van der Waals surface area contributed by atoms with Crippen LogP contribution in [0, 0.1) is 0 Å². The van der Waals surface area contributed by atoms with Gasteiger partial charge in [-0.05, 0) is 38.3 Å². The number of nitrogens with one attached hydrogen (secondary N) is 1. The van der Waals surface area contributed by atoms with Gasteiger partial charge in [-0.15, -0.1) is 24.2 Å². The summed E-state index contributed by atoms with van der Waals surface area (Å²) in [5.41, 5.74) is 5.59. The van der Waals surface area contributed by atoms with Crippen molar-refractivity contribution in [2.45, 2.75) is 66.5 Å². The molecule has 1 aliphatic rings. The van der Waals surface area contributed by atoms with Crippen molar-refractivity contribution < 1.29 is 13.2 Å². The fourth-order valence-electron chi connectivity index (χ4n) is 3.22. The first kappa shape index (κ1) is 23.3. The highest BCUT2D eigenvalue weighted by Gasteiger charge is 2.35. The van der Waals surface area contributed by atoms with Crippen molar-refractivity contribution in [2.75, 3.05) is 12.3 Å². The largest absolute Gasteiger partial charge is 0.348 e. The lowest BCUT2D eigenvalue weighted by atomic mass is 9.98. The van der Waals surface area contributed by atoms with E-state index in [1.807, 2.05) is 13.8 Å². The maximum absolute atomic E-state index is 12.6. The molecule has 0 spiro atoms. The molecule has 1 atom stereocenters. The average molecular weight is 421 g/mol. The summed E-state index contributed by atoms with van der Waals surface area (Å²) in [6, 6.07) is 6.91. The van der Waals surface area contributed by atoms with Gasteiger partial charge in [-0.25, -0.2) is 8.42 Å². The topological polar surface area (TPSA) is 89.3 Å². The van der Waals surface area contributed by atoms with Gasteiger partial charge >= 0.3 is 0 Å². The Hall–Kier alpha value is -0.760. The van der Waals surface area contributed by atoms with E-state index >= 15 is 0 Å². The summed E-state index contributed by atoms with van der Waals surface area (Å²) in [5, 5.41) is 2.72. The van der Waals surface area contributed by atoms with Crippen molar-refractivity contribution in [1.82, 2.24) is 5.32 Å². The number of benzene rings is 1. The SMILES string of the molecule is CCCS(=O)(=O)c1ccccc1SC(C)C(=O)NC1(CN)CCCC1.Cl. The monoisotopic (exact) mass is 420 g/mol. The van der Waals surface area contributed by atoms with Crippen LogP contribution in [0.25, 0.3) is 0 Å². The molecule has 0 aromatic heterocycles. The highest BCUT2D eigenvalue weighted by Crippen LogP contribution is 2.33. The Balaban J connectivity index is 0.00000338. The van der Waals surface area contributed by atoms with Gasteiger partial charge in [0.1, 0.15) is 0 Å². The van der Waals surface area contributed by atoms with E-state index in [1.54, 1.807) is 24.3 Å². The van der Waals surface area contributed by atoms with E-state index in [0.717, 1.165) is 25.7 Å². The second-order valence-corrected chi connectivity index (χ2v) is 10.2. The highest BCUT2D eigenvalue weighted by atomic mass is 35.5. The molecule has 3 N–H and O–H groups in total. The van der Waals surface area contributed by atoms with E-state index in [0.29, 0.717) is 22.8 Å². The molecule has 0 heterocycles. The van der Waals surface area contributed by atoms with Gasteiger partial charge in [-0.2, -0.15) is 0 Å². The second kappa shape index (κ2) is 9.97. The minimum absolute atomic E-state index is 0. The normalized spacial score (nSPS) is 17.3. The van der Waals surface area contributed by atoms with Gasteiger partial charge in [-0.3, -0.25) is 4.79 Å². The van der Waals surface area contributed by atoms with Crippen LogP contribution in [0.3, 0.4) is 0 Å². The summed E-state index contributed by atoms with van der Waals surface area (Å²) in [5.74, 6) is 0.0292. The standard InChI is InChI=1S/C18H28N2O3S2.ClH/c1-3-12-25(22,23)16-9-5-4-8-15(16)24-14(2)17(21)20-18(13-19)10-6-7-11-18;/h4-5,8-9,14H,3,6-7,10-13,19H2,1-2H3,(H,20,21);1H. The molecule has 0 saturated heterocycles. The van der Waals surface area contributed by atoms with E-state index in [2.05, 4.69) is 5.32 Å². The summed E-state index contributed by atoms with van der Waals surface area (Å²) in [6.45, 7) is 4.09. The van der Waals surface area contributed by atoms with Crippen LogP contribution in [0.2, 0.25) is 0 Å². The van der Waals surface area contributed by atoms with Crippen LogP contribution in [0.1, 0.15) is 46.0 Å². The van der Waals surface area contributed by atoms with Crippen molar-refractivity contribution in [2.24, 2.45) is 5.73 Å². The molecular formula is C18H29ClN2O3S2. The molecule has 0 bridgehead atoms. The van der Waals surface area contributed by atoms with Crippen LogP contribution in [-0.2, 0) is 14.6 Å². The minimum atomic E-state index is -3.32. The number of nitrogens with two attached hydrogens (primary N) is 1.